The van der Waals surface area contributed by atoms with Crippen molar-refractivity contribution in [3.8, 4) is 0 Å². The number of benzene rings is 1. The minimum absolute atomic E-state index is 0.0604. The molecule has 0 spiro atoms. The van der Waals surface area contributed by atoms with E-state index < -0.39 is 4.92 Å². The van der Waals surface area contributed by atoms with Crippen molar-refractivity contribution in [3.63, 3.8) is 0 Å². The molecule has 1 unspecified atom stereocenters. The van der Waals surface area contributed by atoms with Crippen LogP contribution in [0.25, 0.3) is 10.2 Å². The van der Waals surface area contributed by atoms with E-state index in [1.54, 1.807) is 11.3 Å². The third-order valence-corrected chi connectivity index (χ3v) is 5.79. The third kappa shape index (κ3) is 3.06. The lowest BCUT2D eigenvalue weighted by atomic mass is 10.2. The molecule has 0 aliphatic carbocycles. The van der Waals surface area contributed by atoms with E-state index in [0.29, 0.717) is 6.67 Å². The Kier molecular flexibility index (Phi) is 4.06. The number of likely N-dealkylation sites (tertiary alicyclic amines) is 1. The van der Waals surface area contributed by atoms with Crippen LogP contribution in [0.15, 0.2) is 47.4 Å². The fraction of sp³-hybridized carbons (Fsp3) is 0.294. The normalized spacial score (nSPS) is 20.2. The van der Waals surface area contributed by atoms with Crippen LogP contribution in [0.1, 0.15) is 23.9 Å². The lowest BCUT2D eigenvalue weighted by molar-refractivity contribution is -0.940. The molecule has 0 saturated carbocycles. The van der Waals surface area contributed by atoms with Crippen LogP contribution >= 0.6 is 11.3 Å². The number of nitrogens with one attached hydrogen (secondary N) is 1. The Morgan fingerprint density at radius 1 is 1.32 bits per heavy atom. The summed E-state index contributed by atoms with van der Waals surface area (Å²) in [6, 6.07) is 10.8. The minimum atomic E-state index is -0.472. The number of pyridine rings is 1. The molecule has 1 aliphatic heterocycles. The summed E-state index contributed by atoms with van der Waals surface area (Å²) >= 11 is 1.69. The number of thiazole rings is 1. The first-order valence-electron chi connectivity index (χ1n) is 8.17. The molecule has 4 rings (SSSR count). The van der Waals surface area contributed by atoms with Crippen LogP contribution < -0.4 is 10.5 Å². The zero-order valence-electron chi connectivity index (χ0n) is 13.4. The number of para-hydroxylation sites is 1. The molecular weight excluding hydrogens is 340 g/mol. The zero-order valence-corrected chi connectivity index (χ0v) is 14.2. The molecule has 128 valence electrons. The van der Waals surface area contributed by atoms with Gasteiger partial charge in [-0.3, -0.25) is 19.5 Å². The lowest BCUT2D eigenvalue weighted by Crippen LogP contribution is -3.09. The van der Waals surface area contributed by atoms with Crippen LogP contribution in [0.5, 0.6) is 0 Å². The van der Waals surface area contributed by atoms with Gasteiger partial charge in [-0.1, -0.05) is 12.1 Å². The van der Waals surface area contributed by atoms with Gasteiger partial charge >= 0.3 is 0 Å². The first-order valence-corrected chi connectivity index (χ1v) is 8.98. The van der Waals surface area contributed by atoms with E-state index in [-0.39, 0.29) is 17.3 Å². The first-order chi connectivity index (χ1) is 12.1. The standard InChI is InChI=1S/C17H16N4O3S/c22-16-8-7-12(21(23)24)10-20(16)11-19-9-3-5-14(19)17-18-13-4-1-2-6-15(13)25-17/h1-2,4,6-8,10,14H,3,5,9,11H2/p+1/t14-/m0/s1. The van der Waals surface area contributed by atoms with Gasteiger partial charge in [-0.15, -0.1) is 11.3 Å². The molecule has 2 atom stereocenters. The van der Waals surface area contributed by atoms with Crippen molar-refractivity contribution in [1.29, 1.82) is 0 Å². The molecule has 1 fully saturated rings. The molecular formula is C17H17N4O3S+. The van der Waals surface area contributed by atoms with Gasteiger partial charge in [0.05, 0.1) is 27.9 Å². The average molecular weight is 357 g/mol. The van der Waals surface area contributed by atoms with Crippen LogP contribution in [0.4, 0.5) is 5.69 Å². The third-order valence-electron chi connectivity index (χ3n) is 4.64. The molecule has 0 amide bonds. The van der Waals surface area contributed by atoms with Gasteiger partial charge < -0.3 is 4.90 Å². The highest BCUT2D eigenvalue weighted by Crippen LogP contribution is 2.28. The van der Waals surface area contributed by atoms with E-state index in [0.717, 1.165) is 34.6 Å². The summed E-state index contributed by atoms with van der Waals surface area (Å²) in [6.07, 6.45) is 3.40. The molecule has 7 nitrogen and oxygen atoms in total. The average Bonchev–Trinajstić information content (AvgIpc) is 3.22. The predicted octanol–water partition coefficient (Wildman–Crippen LogP) is 1.74. The maximum absolute atomic E-state index is 12.1. The number of aromatic nitrogens is 2. The Morgan fingerprint density at radius 3 is 2.96 bits per heavy atom. The van der Waals surface area contributed by atoms with Crippen LogP contribution in [0.3, 0.4) is 0 Å². The van der Waals surface area contributed by atoms with Gasteiger partial charge in [-0.2, -0.15) is 0 Å². The topological polar surface area (TPSA) is 82.5 Å². The maximum atomic E-state index is 12.1. The number of quaternary nitrogens is 1. The van der Waals surface area contributed by atoms with Crippen molar-refractivity contribution in [2.45, 2.75) is 25.6 Å². The zero-order chi connectivity index (χ0) is 17.4. The van der Waals surface area contributed by atoms with Gasteiger partial charge in [0.1, 0.15) is 6.04 Å². The minimum Gasteiger partial charge on any atom is -0.309 e. The summed E-state index contributed by atoms with van der Waals surface area (Å²) in [5, 5.41) is 12.0. The Balaban J connectivity index is 1.63. The smallest absolute Gasteiger partial charge is 0.285 e. The van der Waals surface area contributed by atoms with Gasteiger partial charge in [-0.05, 0) is 12.1 Å². The summed E-state index contributed by atoms with van der Waals surface area (Å²) in [4.78, 5) is 28.6. The highest BCUT2D eigenvalue weighted by atomic mass is 32.1. The number of hydrogen-bond acceptors (Lipinski definition) is 5. The maximum Gasteiger partial charge on any atom is 0.285 e. The Hall–Kier alpha value is -2.58. The second-order valence-corrected chi connectivity index (χ2v) is 7.30. The van der Waals surface area contributed by atoms with E-state index >= 15 is 0 Å². The second-order valence-electron chi connectivity index (χ2n) is 6.23. The van der Waals surface area contributed by atoms with Crippen LogP contribution in [-0.2, 0) is 6.67 Å². The number of fused-ring (bicyclic) bond motifs is 1. The van der Waals surface area contributed by atoms with Gasteiger partial charge in [0.15, 0.2) is 11.7 Å². The van der Waals surface area contributed by atoms with E-state index in [2.05, 4.69) is 6.07 Å². The highest BCUT2D eigenvalue weighted by molar-refractivity contribution is 7.18. The number of rotatable bonds is 4. The van der Waals surface area contributed by atoms with Crippen LogP contribution in [0, 0.1) is 10.1 Å². The molecule has 2 aromatic heterocycles. The fourth-order valence-corrected chi connectivity index (χ4v) is 4.57. The van der Waals surface area contributed by atoms with Crippen molar-refractivity contribution in [1.82, 2.24) is 9.55 Å². The molecule has 1 N–H and O–H groups in total. The van der Waals surface area contributed by atoms with E-state index in [4.69, 9.17) is 4.98 Å². The summed E-state index contributed by atoms with van der Waals surface area (Å²) < 4.78 is 2.61. The summed E-state index contributed by atoms with van der Waals surface area (Å²) in [5.74, 6) is 0. The molecule has 1 saturated heterocycles. The van der Waals surface area contributed by atoms with Crippen LogP contribution in [-0.4, -0.2) is 21.0 Å². The Morgan fingerprint density at radius 2 is 2.16 bits per heavy atom. The molecule has 8 heteroatoms. The largest absolute Gasteiger partial charge is 0.309 e. The predicted molar refractivity (Wildman–Crippen MR) is 94.8 cm³/mol. The molecule has 1 aliphatic rings. The van der Waals surface area contributed by atoms with Crippen molar-refractivity contribution >= 4 is 27.2 Å². The molecule has 0 bridgehead atoms. The number of nitrogens with zero attached hydrogens (tertiary/aromatic N) is 3. The molecule has 25 heavy (non-hydrogen) atoms. The van der Waals surface area contributed by atoms with Crippen molar-refractivity contribution in [2.24, 2.45) is 0 Å². The molecule has 0 radical (unpaired) electrons. The number of nitro groups is 1. The lowest BCUT2D eigenvalue weighted by Gasteiger charge is -2.20. The fourth-order valence-electron chi connectivity index (χ4n) is 3.41. The van der Waals surface area contributed by atoms with Gasteiger partial charge in [0.2, 0.25) is 0 Å². The second kappa shape index (κ2) is 6.38. The summed E-state index contributed by atoms with van der Waals surface area (Å²) in [7, 11) is 0. The Labute approximate surface area is 147 Å². The molecule has 3 aromatic rings. The Bertz CT molecular complexity index is 964. The quantitative estimate of drug-likeness (QED) is 0.570. The molecule has 1 aromatic carbocycles. The summed E-state index contributed by atoms with van der Waals surface area (Å²) in [6.45, 7) is 1.34. The van der Waals surface area contributed by atoms with Gasteiger partial charge in [0.25, 0.3) is 11.2 Å². The first kappa shape index (κ1) is 15.9. The number of hydrogen-bond donors (Lipinski definition) is 1. The molecule has 3 heterocycles. The van der Waals surface area contributed by atoms with Crippen molar-refractivity contribution in [3.05, 3.63) is 68.1 Å². The van der Waals surface area contributed by atoms with Crippen molar-refractivity contribution < 1.29 is 9.82 Å². The van der Waals surface area contributed by atoms with Gasteiger partial charge in [-0.25, -0.2) is 4.98 Å². The van der Waals surface area contributed by atoms with E-state index in [9.17, 15) is 14.9 Å². The van der Waals surface area contributed by atoms with E-state index in [1.807, 2.05) is 18.2 Å². The van der Waals surface area contributed by atoms with Crippen LogP contribution in [0.2, 0.25) is 0 Å². The highest BCUT2D eigenvalue weighted by Gasteiger charge is 2.33. The SMILES string of the molecule is O=c1ccc([N+](=O)[O-])cn1C[NH+]1CCC[C@H]1c1nc2ccccc2s1. The monoisotopic (exact) mass is 357 g/mol. The van der Waals surface area contributed by atoms with Gasteiger partial charge in [0, 0.05) is 25.0 Å². The summed E-state index contributed by atoms with van der Waals surface area (Å²) in [5.41, 5.74) is 0.726. The van der Waals surface area contributed by atoms with Crippen molar-refractivity contribution in [2.75, 3.05) is 6.54 Å². The van der Waals surface area contributed by atoms with E-state index in [1.165, 1.54) is 27.8 Å².